The van der Waals surface area contributed by atoms with Crippen LogP contribution < -0.4 is 10.1 Å². The summed E-state index contributed by atoms with van der Waals surface area (Å²) in [5.74, 6) is 0.699. The van der Waals surface area contributed by atoms with Crippen molar-refractivity contribution in [3.8, 4) is 11.5 Å². The Morgan fingerprint density at radius 1 is 1.04 bits per heavy atom. The van der Waals surface area contributed by atoms with E-state index in [4.69, 9.17) is 9.84 Å². The highest BCUT2D eigenvalue weighted by molar-refractivity contribution is 5.80. The first-order valence-electron chi connectivity index (χ1n) is 8.30. The molecule has 1 amide bonds. The average molecular weight is 341 g/mol. The van der Waals surface area contributed by atoms with Crippen molar-refractivity contribution in [1.29, 1.82) is 0 Å². The van der Waals surface area contributed by atoms with Gasteiger partial charge in [0.2, 0.25) is 5.91 Å². The molecule has 0 bridgehead atoms. The maximum Gasteiger partial charge on any atom is 0.303 e. The number of carboxylic acid groups (broad SMARTS) is 1. The van der Waals surface area contributed by atoms with Crippen LogP contribution in [0.2, 0.25) is 0 Å². The Hall–Kier alpha value is -2.82. The first-order valence-corrected chi connectivity index (χ1v) is 8.30. The van der Waals surface area contributed by atoms with Gasteiger partial charge < -0.3 is 15.2 Å². The van der Waals surface area contributed by atoms with Crippen molar-refractivity contribution in [3.05, 3.63) is 59.7 Å². The number of carboxylic acids is 1. The Morgan fingerprint density at radius 3 is 2.36 bits per heavy atom. The number of rotatable bonds is 8. The molecule has 0 spiro atoms. The number of nitrogens with one attached hydrogen (secondary N) is 1. The van der Waals surface area contributed by atoms with E-state index in [9.17, 15) is 9.59 Å². The lowest BCUT2D eigenvalue weighted by Gasteiger charge is -2.14. The van der Waals surface area contributed by atoms with Crippen molar-refractivity contribution in [2.24, 2.45) is 0 Å². The van der Waals surface area contributed by atoms with E-state index in [1.54, 1.807) is 0 Å². The number of hydrogen-bond acceptors (Lipinski definition) is 3. The fourth-order valence-electron chi connectivity index (χ4n) is 2.36. The minimum Gasteiger partial charge on any atom is -0.481 e. The average Bonchev–Trinajstić information content (AvgIpc) is 2.59. The predicted octanol–water partition coefficient (Wildman–Crippen LogP) is 4.08. The van der Waals surface area contributed by atoms with Gasteiger partial charge in [-0.05, 0) is 35.2 Å². The van der Waals surface area contributed by atoms with Gasteiger partial charge in [-0.15, -0.1) is 0 Å². The summed E-state index contributed by atoms with van der Waals surface area (Å²) in [5.41, 5.74) is 2.07. The lowest BCUT2D eigenvalue weighted by molar-refractivity contribution is -0.138. The third-order valence-electron chi connectivity index (χ3n) is 3.75. The molecule has 0 aromatic heterocycles. The molecule has 0 aliphatic rings. The van der Waals surface area contributed by atoms with E-state index < -0.39 is 5.97 Å². The largest absolute Gasteiger partial charge is 0.481 e. The van der Waals surface area contributed by atoms with Crippen LogP contribution in [0.3, 0.4) is 0 Å². The second-order valence-corrected chi connectivity index (χ2v) is 6.11. The van der Waals surface area contributed by atoms with Gasteiger partial charge in [0, 0.05) is 13.0 Å². The van der Waals surface area contributed by atoms with Crippen molar-refractivity contribution in [3.63, 3.8) is 0 Å². The van der Waals surface area contributed by atoms with E-state index in [1.165, 1.54) is 0 Å². The number of ether oxygens (including phenoxy) is 1. The molecule has 0 saturated carbocycles. The quantitative estimate of drug-likeness (QED) is 0.758. The van der Waals surface area contributed by atoms with Crippen LogP contribution in [0.5, 0.6) is 11.5 Å². The Morgan fingerprint density at radius 2 is 1.72 bits per heavy atom. The van der Waals surface area contributed by atoms with Gasteiger partial charge in [-0.25, -0.2) is 0 Å². The van der Waals surface area contributed by atoms with Crippen molar-refractivity contribution in [1.82, 2.24) is 5.32 Å². The third kappa shape index (κ3) is 5.95. The summed E-state index contributed by atoms with van der Waals surface area (Å²) < 4.78 is 5.96. The predicted molar refractivity (Wildman–Crippen MR) is 95.8 cm³/mol. The smallest absolute Gasteiger partial charge is 0.303 e. The van der Waals surface area contributed by atoms with Crippen molar-refractivity contribution in [2.75, 3.05) is 0 Å². The molecule has 25 heavy (non-hydrogen) atoms. The zero-order valence-electron chi connectivity index (χ0n) is 14.5. The summed E-state index contributed by atoms with van der Waals surface area (Å²) in [4.78, 5) is 22.0. The number of carbonyl (C=O) groups is 2. The molecular weight excluding hydrogens is 318 g/mol. The SMILES string of the molecule is CC(C)c1ccccc1Oc1ccc(CNC(=O)CCC(=O)O)cc1. The summed E-state index contributed by atoms with van der Waals surface area (Å²) >= 11 is 0. The van der Waals surface area contributed by atoms with Gasteiger partial charge in [0.25, 0.3) is 0 Å². The Kier molecular flexibility index (Phi) is 6.57. The van der Waals surface area contributed by atoms with E-state index in [0.717, 1.165) is 22.6 Å². The van der Waals surface area contributed by atoms with Gasteiger partial charge >= 0.3 is 5.97 Å². The summed E-state index contributed by atoms with van der Waals surface area (Å²) in [6.45, 7) is 4.61. The standard InChI is InChI=1S/C20H23NO4/c1-14(2)17-5-3-4-6-18(17)25-16-9-7-15(8-10-16)13-21-19(22)11-12-20(23)24/h3-10,14H,11-13H2,1-2H3,(H,21,22)(H,23,24). The fourth-order valence-corrected chi connectivity index (χ4v) is 2.36. The molecule has 5 nitrogen and oxygen atoms in total. The molecule has 0 unspecified atom stereocenters. The van der Waals surface area contributed by atoms with Crippen LogP contribution in [0.15, 0.2) is 48.5 Å². The lowest BCUT2D eigenvalue weighted by atomic mass is 10.0. The second-order valence-electron chi connectivity index (χ2n) is 6.11. The molecule has 5 heteroatoms. The number of amides is 1. The fraction of sp³-hybridized carbons (Fsp3) is 0.300. The molecule has 0 fully saturated rings. The molecule has 0 radical (unpaired) electrons. The van der Waals surface area contributed by atoms with Gasteiger partial charge in [-0.2, -0.15) is 0 Å². The van der Waals surface area contributed by atoms with E-state index in [2.05, 4.69) is 25.2 Å². The Bertz CT molecular complexity index is 723. The van der Waals surface area contributed by atoms with E-state index in [-0.39, 0.29) is 18.7 Å². The maximum absolute atomic E-state index is 11.5. The van der Waals surface area contributed by atoms with Crippen LogP contribution in [0.4, 0.5) is 0 Å². The van der Waals surface area contributed by atoms with Crippen LogP contribution in [0.25, 0.3) is 0 Å². The van der Waals surface area contributed by atoms with Crippen LogP contribution in [-0.2, 0) is 16.1 Å². The van der Waals surface area contributed by atoms with E-state index >= 15 is 0 Å². The van der Waals surface area contributed by atoms with Gasteiger partial charge in [-0.3, -0.25) is 9.59 Å². The van der Waals surface area contributed by atoms with Crippen molar-refractivity contribution in [2.45, 2.75) is 39.2 Å². The molecular formula is C20H23NO4. The molecule has 132 valence electrons. The highest BCUT2D eigenvalue weighted by Gasteiger charge is 2.08. The highest BCUT2D eigenvalue weighted by atomic mass is 16.5. The van der Waals surface area contributed by atoms with Crippen molar-refractivity contribution < 1.29 is 19.4 Å². The van der Waals surface area contributed by atoms with Gasteiger partial charge in [0.15, 0.2) is 0 Å². The summed E-state index contributed by atoms with van der Waals surface area (Å²) in [6.07, 6.45) is -0.170. The molecule has 0 heterocycles. The van der Waals surface area contributed by atoms with Crippen LogP contribution in [0, 0.1) is 0 Å². The Labute approximate surface area is 147 Å². The van der Waals surface area contributed by atoms with Gasteiger partial charge in [-0.1, -0.05) is 44.2 Å². The third-order valence-corrected chi connectivity index (χ3v) is 3.75. The van der Waals surface area contributed by atoms with Gasteiger partial charge in [0.05, 0.1) is 6.42 Å². The first-order chi connectivity index (χ1) is 12.0. The summed E-state index contributed by atoms with van der Waals surface area (Å²) in [5, 5.41) is 11.3. The maximum atomic E-state index is 11.5. The van der Waals surface area contributed by atoms with Crippen LogP contribution >= 0.6 is 0 Å². The number of para-hydroxylation sites is 1. The topological polar surface area (TPSA) is 75.6 Å². The second kappa shape index (κ2) is 8.87. The van der Waals surface area contributed by atoms with Crippen LogP contribution in [-0.4, -0.2) is 17.0 Å². The van der Waals surface area contributed by atoms with Crippen molar-refractivity contribution >= 4 is 11.9 Å². The molecule has 2 N–H and O–H groups in total. The minimum atomic E-state index is -0.974. The molecule has 0 saturated heterocycles. The molecule has 0 aliphatic heterocycles. The zero-order chi connectivity index (χ0) is 18.2. The number of hydrogen-bond donors (Lipinski definition) is 2. The van der Waals surface area contributed by atoms with E-state index in [1.807, 2.05) is 42.5 Å². The normalized spacial score (nSPS) is 10.5. The zero-order valence-corrected chi connectivity index (χ0v) is 14.5. The van der Waals surface area contributed by atoms with Gasteiger partial charge in [0.1, 0.15) is 11.5 Å². The number of aliphatic carboxylic acids is 1. The Balaban J connectivity index is 1.92. The number of benzene rings is 2. The summed E-state index contributed by atoms with van der Waals surface area (Å²) in [6, 6.07) is 15.4. The van der Waals surface area contributed by atoms with Crippen LogP contribution in [0.1, 0.15) is 43.7 Å². The first kappa shape index (κ1) is 18.5. The molecule has 0 aliphatic carbocycles. The highest BCUT2D eigenvalue weighted by Crippen LogP contribution is 2.30. The molecule has 2 rings (SSSR count). The number of carbonyl (C=O) groups excluding carboxylic acids is 1. The van der Waals surface area contributed by atoms with E-state index in [0.29, 0.717) is 12.5 Å². The molecule has 0 atom stereocenters. The molecule has 2 aromatic rings. The lowest BCUT2D eigenvalue weighted by Crippen LogP contribution is -2.23. The molecule has 2 aromatic carbocycles. The minimum absolute atomic E-state index is 0.0114. The monoisotopic (exact) mass is 341 g/mol. The summed E-state index contributed by atoms with van der Waals surface area (Å²) in [7, 11) is 0.